The molecule has 0 spiro atoms. The number of rotatable bonds is 3. The van der Waals surface area contributed by atoms with Crippen LogP contribution < -0.4 is 0 Å². The molecule has 21 heavy (non-hydrogen) atoms. The summed E-state index contributed by atoms with van der Waals surface area (Å²) in [6.45, 7) is 0. The number of halogens is 1. The second kappa shape index (κ2) is 5.20. The predicted molar refractivity (Wildman–Crippen MR) is 89.8 cm³/mol. The third-order valence-electron chi connectivity index (χ3n) is 4.56. The van der Waals surface area contributed by atoms with Crippen LogP contribution in [-0.2, 0) is 0 Å². The molecule has 1 fully saturated rings. The zero-order valence-electron chi connectivity index (χ0n) is 11.7. The number of benzene rings is 3. The molecule has 0 bridgehead atoms. The molecule has 3 unspecified atom stereocenters. The van der Waals surface area contributed by atoms with Gasteiger partial charge in [0.15, 0.2) is 0 Å². The van der Waals surface area contributed by atoms with Crippen LogP contribution >= 0.6 is 11.6 Å². The minimum atomic E-state index is 0.0984. The molecule has 0 aliphatic heterocycles. The lowest BCUT2D eigenvalue weighted by Gasteiger charge is -2.13. The summed E-state index contributed by atoms with van der Waals surface area (Å²) < 4.78 is 0. The van der Waals surface area contributed by atoms with Gasteiger partial charge in [0.05, 0.1) is 5.38 Å². The topological polar surface area (TPSA) is 0 Å². The molecule has 1 saturated carbocycles. The molecule has 0 radical (unpaired) electrons. The highest BCUT2D eigenvalue weighted by atomic mass is 35.5. The van der Waals surface area contributed by atoms with Crippen molar-refractivity contribution in [3.8, 4) is 0 Å². The molecule has 1 aliphatic carbocycles. The van der Waals surface area contributed by atoms with Gasteiger partial charge < -0.3 is 0 Å². The first-order valence-corrected chi connectivity index (χ1v) is 7.95. The van der Waals surface area contributed by atoms with E-state index in [0.717, 1.165) is 0 Å². The molecule has 0 nitrogen and oxygen atoms in total. The average molecular weight is 293 g/mol. The summed E-state index contributed by atoms with van der Waals surface area (Å²) in [5.74, 6) is 1.17. The van der Waals surface area contributed by atoms with Crippen LogP contribution in [0.15, 0.2) is 72.8 Å². The molecule has 0 aromatic heterocycles. The zero-order chi connectivity index (χ0) is 14.2. The molecule has 0 N–H and O–H groups in total. The number of fused-ring (bicyclic) bond motifs is 1. The molecule has 1 heteroatoms. The van der Waals surface area contributed by atoms with Crippen LogP contribution in [0.5, 0.6) is 0 Å². The van der Waals surface area contributed by atoms with Gasteiger partial charge in [0, 0.05) is 0 Å². The van der Waals surface area contributed by atoms with Crippen molar-refractivity contribution in [3.05, 3.63) is 83.9 Å². The lowest BCUT2D eigenvalue weighted by molar-refractivity contribution is 0.769. The summed E-state index contributed by atoms with van der Waals surface area (Å²) >= 11 is 6.83. The summed E-state index contributed by atoms with van der Waals surface area (Å²) in [7, 11) is 0. The molecule has 0 heterocycles. The second-order valence-electron chi connectivity index (χ2n) is 5.89. The van der Waals surface area contributed by atoms with Crippen molar-refractivity contribution in [1.29, 1.82) is 0 Å². The van der Waals surface area contributed by atoms with Crippen LogP contribution in [0.3, 0.4) is 0 Å². The van der Waals surface area contributed by atoms with Gasteiger partial charge in [-0.1, -0.05) is 72.8 Å². The molecule has 3 aromatic rings. The lowest BCUT2D eigenvalue weighted by atomic mass is 9.98. The Hall–Kier alpha value is -1.79. The minimum absolute atomic E-state index is 0.0984. The summed E-state index contributed by atoms with van der Waals surface area (Å²) in [5, 5.41) is 2.66. The zero-order valence-corrected chi connectivity index (χ0v) is 12.5. The van der Waals surface area contributed by atoms with Gasteiger partial charge in [0.25, 0.3) is 0 Å². The van der Waals surface area contributed by atoms with Gasteiger partial charge in [-0.25, -0.2) is 0 Å². The number of alkyl halides is 1. The van der Waals surface area contributed by atoms with E-state index in [4.69, 9.17) is 11.6 Å². The highest BCUT2D eigenvalue weighted by Gasteiger charge is 2.43. The van der Waals surface area contributed by atoms with E-state index < -0.39 is 0 Å². The molecular weight excluding hydrogens is 276 g/mol. The molecule has 0 saturated heterocycles. The maximum atomic E-state index is 6.83. The first-order chi connectivity index (χ1) is 10.3. The first-order valence-electron chi connectivity index (χ1n) is 7.51. The monoisotopic (exact) mass is 292 g/mol. The number of hydrogen-bond donors (Lipinski definition) is 0. The van der Waals surface area contributed by atoms with Gasteiger partial charge in [-0.05, 0) is 40.2 Å². The van der Waals surface area contributed by atoms with Crippen molar-refractivity contribution < 1.29 is 0 Å². The predicted octanol–water partition coefficient (Wildman–Crippen LogP) is 5.92. The third kappa shape index (κ3) is 2.34. The number of hydrogen-bond acceptors (Lipinski definition) is 0. The van der Waals surface area contributed by atoms with E-state index >= 15 is 0 Å². The maximum absolute atomic E-state index is 6.83. The Labute approximate surface area is 130 Å². The van der Waals surface area contributed by atoms with E-state index in [1.807, 2.05) is 0 Å². The third-order valence-corrected chi connectivity index (χ3v) is 5.12. The summed E-state index contributed by atoms with van der Waals surface area (Å²) in [6.07, 6.45) is 1.20. The van der Waals surface area contributed by atoms with E-state index in [2.05, 4.69) is 72.8 Å². The highest BCUT2D eigenvalue weighted by Crippen LogP contribution is 2.57. The molecule has 3 aromatic carbocycles. The van der Waals surface area contributed by atoms with Crippen LogP contribution in [0.2, 0.25) is 0 Å². The Kier molecular flexibility index (Phi) is 3.20. The van der Waals surface area contributed by atoms with Gasteiger partial charge in [-0.15, -0.1) is 11.6 Å². The van der Waals surface area contributed by atoms with Crippen molar-refractivity contribution in [1.82, 2.24) is 0 Å². The van der Waals surface area contributed by atoms with E-state index in [1.54, 1.807) is 0 Å². The van der Waals surface area contributed by atoms with Crippen LogP contribution in [-0.4, -0.2) is 0 Å². The van der Waals surface area contributed by atoms with Gasteiger partial charge in [-0.3, -0.25) is 0 Å². The fourth-order valence-corrected chi connectivity index (χ4v) is 3.81. The Balaban J connectivity index is 1.65. The van der Waals surface area contributed by atoms with Gasteiger partial charge in [0.1, 0.15) is 0 Å². The Morgan fingerprint density at radius 3 is 2.38 bits per heavy atom. The Bertz CT molecular complexity index is 758. The summed E-state index contributed by atoms with van der Waals surface area (Å²) in [5.41, 5.74) is 2.70. The molecular formula is C20H17Cl. The van der Waals surface area contributed by atoms with Crippen LogP contribution in [0.25, 0.3) is 10.8 Å². The largest absolute Gasteiger partial charge is 0.117 e. The highest BCUT2D eigenvalue weighted by molar-refractivity contribution is 6.22. The summed E-state index contributed by atoms with van der Waals surface area (Å²) in [6, 6.07) is 25.7. The Morgan fingerprint density at radius 1 is 0.810 bits per heavy atom. The first kappa shape index (κ1) is 12.9. The fourth-order valence-electron chi connectivity index (χ4n) is 3.34. The maximum Gasteiger partial charge on any atom is 0.0625 e. The normalized spacial score (nSPS) is 22.1. The van der Waals surface area contributed by atoms with Crippen LogP contribution in [0, 0.1) is 5.92 Å². The average Bonchev–Trinajstić information content (AvgIpc) is 3.35. The minimum Gasteiger partial charge on any atom is -0.117 e. The van der Waals surface area contributed by atoms with Crippen molar-refractivity contribution >= 4 is 22.4 Å². The van der Waals surface area contributed by atoms with E-state index in [9.17, 15) is 0 Å². The molecule has 4 rings (SSSR count). The van der Waals surface area contributed by atoms with Crippen molar-refractivity contribution in [2.45, 2.75) is 17.7 Å². The van der Waals surface area contributed by atoms with E-state index in [0.29, 0.717) is 11.8 Å². The molecule has 1 aliphatic rings. The summed E-state index contributed by atoms with van der Waals surface area (Å²) in [4.78, 5) is 0. The standard InChI is InChI=1S/C20H17Cl/c21-20(19-13-18(19)15-7-2-1-3-8-15)17-12-6-10-14-9-4-5-11-16(14)17/h1-12,18-20H,13H2. The van der Waals surface area contributed by atoms with Gasteiger partial charge >= 0.3 is 0 Å². The van der Waals surface area contributed by atoms with Crippen LogP contribution in [0.1, 0.15) is 28.8 Å². The smallest absolute Gasteiger partial charge is 0.0625 e. The van der Waals surface area contributed by atoms with Gasteiger partial charge in [0.2, 0.25) is 0 Å². The van der Waals surface area contributed by atoms with Crippen LogP contribution in [0.4, 0.5) is 0 Å². The Morgan fingerprint density at radius 2 is 1.52 bits per heavy atom. The van der Waals surface area contributed by atoms with Crippen molar-refractivity contribution in [2.24, 2.45) is 5.92 Å². The van der Waals surface area contributed by atoms with E-state index in [-0.39, 0.29) is 5.38 Å². The van der Waals surface area contributed by atoms with Crippen molar-refractivity contribution in [3.63, 3.8) is 0 Å². The van der Waals surface area contributed by atoms with Gasteiger partial charge in [-0.2, -0.15) is 0 Å². The second-order valence-corrected chi connectivity index (χ2v) is 6.36. The molecule has 0 amide bonds. The fraction of sp³-hybridized carbons (Fsp3) is 0.200. The quantitative estimate of drug-likeness (QED) is 0.525. The molecule has 3 atom stereocenters. The SMILES string of the molecule is ClC(c1cccc2ccccc12)C1CC1c1ccccc1. The molecule has 104 valence electrons. The van der Waals surface area contributed by atoms with Crippen molar-refractivity contribution in [2.75, 3.05) is 0 Å². The van der Waals surface area contributed by atoms with E-state index in [1.165, 1.54) is 28.3 Å². The lowest BCUT2D eigenvalue weighted by Crippen LogP contribution is -1.96.